The average molecular weight is 613 g/mol. The molecule has 0 saturated carbocycles. The summed E-state index contributed by atoms with van der Waals surface area (Å²) in [6.45, 7) is 12.9. The summed E-state index contributed by atoms with van der Waals surface area (Å²) >= 11 is 0. The van der Waals surface area contributed by atoms with Gasteiger partial charge >= 0.3 is 0 Å². The average Bonchev–Trinajstić information content (AvgIpc) is 2.68. The monoisotopic (exact) mass is 613 g/mol. The number of carbonyl (C=O) groups is 1. The number of aliphatic hydroxyl groups excluding tert-OH is 1. The van der Waals surface area contributed by atoms with Gasteiger partial charge in [-0.2, -0.15) is 0 Å². The molecule has 0 amide bonds. The van der Waals surface area contributed by atoms with Gasteiger partial charge in [-0.05, 0) is 16.5 Å². The molecule has 1 radical (unpaired) electrons. The Morgan fingerprint density at radius 3 is 2.16 bits per heavy atom. The van der Waals surface area contributed by atoms with Crippen molar-refractivity contribution in [2.75, 3.05) is 0 Å². The number of aliphatic hydroxyl groups is 1. The van der Waals surface area contributed by atoms with E-state index in [1.807, 2.05) is 78.1 Å². The molecule has 0 aliphatic rings. The van der Waals surface area contributed by atoms with Crippen molar-refractivity contribution in [3.8, 4) is 11.3 Å². The summed E-state index contributed by atoms with van der Waals surface area (Å²) in [5, 5.41) is 11.8. The van der Waals surface area contributed by atoms with Crippen molar-refractivity contribution in [3.05, 3.63) is 77.9 Å². The maximum atomic E-state index is 13.2. The third kappa shape index (κ3) is 7.65. The topological polar surface area (TPSA) is 50.2 Å². The maximum Gasteiger partial charge on any atom is 0.164 e. The Hall–Kier alpha value is -2.36. The third-order valence-electron chi connectivity index (χ3n) is 4.77. The fourth-order valence-corrected chi connectivity index (χ4v) is 2.52. The van der Waals surface area contributed by atoms with Gasteiger partial charge in [0.1, 0.15) is 5.76 Å². The second kappa shape index (κ2) is 11.0. The first-order valence-electron chi connectivity index (χ1n) is 10.3. The minimum Gasteiger partial charge on any atom is -0.512 e. The minimum atomic E-state index is -0.417. The first-order valence-corrected chi connectivity index (χ1v) is 10.3. The van der Waals surface area contributed by atoms with Crippen LogP contribution in [0.5, 0.6) is 0 Å². The molecular weight excluding hydrogens is 582 g/mol. The van der Waals surface area contributed by atoms with Crippen molar-refractivity contribution in [2.24, 2.45) is 10.8 Å². The normalized spacial score (nSPS) is 11.9. The van der Waals surface area contributed by atoms with E-state index in [9.17, 15) is 14.3 Å². The van der Waals surface area contributed by atoms with Gasteiger partial charge in [0, 0.05) is 49.0 Å². The van der Waals surface area contributed by atoms with Crippen LogP contribution in [-0.2, 0) is 24.9 Å². The molecule has 0 saturated heterocycles. The van der Waals surface area contributed by atoms with Gasteiger partial charge in [0.05, 0.1) is 0 Å². The molecule has 1 heterocycles. The van der Waals surface area contributed by atoms with Crippen LogP contribution in [0.4, 0.5) is 4.39 Å². The molecule has 1 aromatic heterocycles. The molecule has 32 heavy (non-hydrogen) atoms. The zero-order chi connectivity index (χ0) is 23.4. The Kier molecular flexibility index (Phi) is 9.49. The van der Waals surface area contributed by atoms with Gasteiger partial charge in [-0.15, -0.1) is 23.8 Å². The van der Waals surface area contributed by atoms with Gasteiger partial charge in [0.15, 0.2) is 5.78 Å². The van der Waals surface area contributed by atoms with Gasteiger partial charge in [-0.1, -0.05) is 84.4 Å². The van der Waals surface area contributed by atoms with E-state index >= 15 is 0 Å². The van der Waals surface area contributed by atoms with Crippen LogP contribution in [0.2, 0.25) is 0 Å². The fourth-order valence-electron chi connectivity index (χ4n) is 2.52. The van der Waals surface area contributed by atoms with Gasteiger partial charge in [-0.25, -0.2) is 0 Å². The number of nitrogens with zero attached hydrogens (tertiary/aromatic N) is 1. The molecule has 0 atom stereocenters. The van der Waals surface area contributed by atoms with Crippen molar-refractivity contribution in [3.63, 3.8) is 0 Å². The predicted octanol–water partition coefficient (Wildman–Crippen LogP) is 7.24. The third-order valence-corrected chi connectivity index (χ3v) is 4.77. The molecule has 0 aliphatic heterocycles. The van der Waals surface area contributed by atoms with Gasteiger partial charge in [-0.3, -0.25) is 9.18 Å². The number of halogens is 1. The second-order valence-corrected chi connectivity index (χ2v) is 9.69. The van der Waals surface area contributed by atoms with Crippen LogP contribution in [0.15, 0.2) is 60.5 Å². The largest absolute Gasteiger partial charge is 0.512 e. The van der Waals surface area contributed by atoms with Gasteiger partial charge < -0.3 is 10.1 Å². The van der Waals surface area contributed by atoms with Crippen molar-refractivity contribution < 1.29 is 34.4 Å². The molecule has 2 aromatic carbocycles. The van der Waals surface area contributed by atoms with E-state index in [0.29, 0.717) is 5.56 Å². The number of rotatable bonds is 2. The van der Waals surface area contributed by atoms with Crippen molar-refractivity contribution in [1.82, 2.24) is 4.98 Å². The van der Waals surface area contributed by atoms with Crippen LogP contribution in [-0.4, -0.2) is 15.9 Å². The van der Waals surface area contributed by atoms with Crippen LogP contribution in [0.1, 0.15) is 47.1 Å². The van der Waals surface area contributed by atoms with Crippen LogP contribution in [0.3, 0.4) is 0 Å². The van der Waals surface area contributed by atoms with Crippen molar-refractivity contribution >= 4 is 16.6 Å². The number of aromatic nitrogens is 1. The van der Waals surface area contributed by atoms with E-state index in [1.54, 1.807) is 13.0 Å². The number of fused-ring (bicyclic) bond motifs is 1. The molecule has 0 fully saturated rings. The number of benzene rings is 2. The Labute approximate surface area is 204 Å². The first-order chi connectivity index (χ1) is 14.3. The number of carbonyl (C=O) groups excluding carboxylic acids is 1. The van der Waals surface area contributed by atoms with E-state index in [1.165, 1.54) is 12.1 Å². The van der Waals surface area contributed by atoms with Gasteiger partial charge in [0.2, 0.25) is 0 Å². The van der Waals surface area contributed by atoms with Crippen LogP contribution in [0.25, 0.3) is 22.0 Å². The number of pyridine rings is 1. The fraction of sp³-hybridized carbons (Fsp3) is 0.333. The number of hydrogen-bond acceptors (Lipinski definition) is 3. The summed E-state index contributed by atoms with van der Waals surface area (Å²) in [5.74, 6) is -0.133. The van der Waals surface area contributed by atoms with E-state index in [4.69, 9.17) is 0 Å². The first kappa shape index (κ1) is 27.7. The number of hydrogen-bond donors (Lipinski definition) is 1. The quantitative estimate of drug-likeness (QED) is 0.189. The van der Waals surface area contributed by atoms with E-state index in [2.05, 4.69) is 11.1 Å². The summed E-state index contributed by atoms with van der Waals surface area (Å²) in [4.78, 5) is 15.9. The van der Waals surface area contributed by atoms with Crippen molar-refractivity contribution in [2.45, 2.75) is 48.5 Å². The molecule has 173 valence electrons. The van der Waals surface area contributed by atoms with Crippen LogP contribution in [0, 0.1) is 29.6 Å². The molecule has 0 aliphatic carbocycles. The molecule has 3 rings (SSSR count). The zero-order valence-electron chi connectivity index (χ0n) is 19.7. The summed E-state index contributed by atoms with van der Waals surface area (Å²) in [5.41, 5.74) is 1.48. The summed E-state index contributed by atoms with van der Waals surface area (Å²) < 4.78 is 13.2. The molecule has 0 unspecified atom stereocenters. The SMILES string of the molecule is CC(C)(C)C(=O)/C=C(\O)C(C)(C)C.Cc1cc(-c2cc3ccccc3cn2)[c-]cc1F.[Ir]. The van der Waals surface area contributed by atoms with Crippen molar-refractivity contribution in [1.29, 1.82) is 0 Å². The number of allylic oxidation sites excluding steroid dienone is 2. The Morgan fingerprint density at radius 2 is 1.62 bits per heavy atom. The number of aryl methyl sites for hydroxylation is 1. The van der Waals surface area contributed by atoms with E-state index in [0.717, 1.165) is 22.0 Å². The molecule has 1 N–H and O–H groups in total. The Balaban J connectivity index is 0.000000330. The Morgan fingerprint density at radius 1 is 1.03 bits per heavy atom. The summed E-state index contributed by atoms with van der Waals surface area (Å²) in [6.07, 6.45) is 3.16. The molecule has 5 heteroatoms. The summed E-state index contributed by atoms with van der Waals surface area (Å²) in [7, 11) is 0. The smallest absolute Gasteiger partial charge is 0.164 e. The predicted molar refractivity (Wildman–Crippen MR) is 125 cm³/mol. The standard InChI is InChI=1S/C16H11FN.C11H20O2.Ir/c1-11-8-13(6-7-15(11)17)16-9-12-4-2-3-5-14(12)10-18-16;1-10(2,3)8(12)7-9(13)11(4,5)6;/h2-5,7-10H,1H3;7,12H,1-6H3;/q-1;;/b;8-7-;. The Bertz CT molecular complexity index is 1110. The minimum absolute atomic E-state index is 0. The number of ketones is 1. The van der Waals surface area contributed by atoms with Crippen LogP contribution >= 0.6 is 0 Å². The zero-order valence-corrected chi connectivity index (χ0v) is 22.1. The molecule has 3 aromatic rings. The molecule has 3 nitrogen and oxygen atoms in total. The van der Waals surface area contributed by atoms with Crippen LogP contribution < -0.4 is 0 Å². The molecular formula is C27H31FIrNO2-. The van der Waals surface area contributed by atoms with E-state index < -0.39 is 5.41 Å². The van der Waals surface area contributed by atoms with Gasteiger partial charge in [0.25, 0.3) is 0 Å². The second-order valence-electron chi connectivity index (χ2n) is 9.69. The molecule has 0 spiro atoms. The summed E-state index contributed by atoms with van der Waals surface area (Å²) in [6, 6.07) is 16.1. The maximum absolute atomic E-state index is 13.2. The van der Waals surface area contributed by atoms with E-state index in [-0.39, 0.29) is 42.9 Å². The molecule has 0 bridgehead atoms.